The van der Waals surface area contributed by atoms with Crippen LogP contribution >= 0.6 is 0 Å². The van der Waals surface area contributed by atoms with Gasteiger partial charge in [0, 0.05) is 13.8 Å². The second kappa shape index (κ2) is 31.9. The van der Waals surface area contributed by atoms with E-state index in [4.69, 9.17) is 43.0 Å². The maximum Gasteiger partial charge on any atom is 0.332 e. The van der Waals surface area contributed by atoms with E-state index < -0.39 is 135 Å². The van der Waals surface area contributed by atoms with Crippen LogP contribution in [0.25, 0.3) is 0 Å². The number of carbonyl (C=O) groups excluding carboxylic acids is 2. The molecule has 3 fully saturated rings. The molecule has 3 aliphatic heterocycles. The Morgan fingerprint density at radius 2 is 1.03 bits per heavy atom. The number of carboxylic acid groups (broad SMARTS) is 1. The minimum Gasteiger partial charge on any atom is -0.479 e. The summed E-state index contributed by atoms with van der Waals surface area (Å²) in [5.74, 6) is -2.71. The van der Waals surface area contributed by atoms with Crippen molar-refractivity contribution in [3.05, 3.63) is 0 Å². The summed E-state index contributed by atoms with van der Waals surface area (Å²) in [6.45, 7) is 2.89. The van der Waals surface area contributed by atoms with Crippen molar-refractivity contribution in [2.24, 2.45) is 0 Å². The molecule has 0 spiro atoms. The first-order valence-electron chi connectivity index (χ1n) is 24.5. The van der Waals surface area contributed by atoms with E-state index in [1.807, 2.05) is 6.92 Å². The number of aliphatic carboxylic acids is 1. The van der Waals surface area contributed by atoms with Crippen molar-refractivity contribution in [3.63, 3.8) is 0 Å². The van der Waals surface area contributed by atoms with Gasteiger partial charge in [-0.25, -0.2) is 4.79 Å². The predicted molar refractivity (Wildman–Crippen MR) is 235 cm³/mol. The number of hydrogen-bond donors (Lipinski definition) is 10. The van der Waals surface area contributed by atoms with Gasteiger partial charge < -0.3 is 89.0 Å². The fourth-order valence-electron chi connectivity index (χ4n) is 8.48. The van der Waals surface area contributed by atoms with Crippen LogP contribution in [0.1, 0.15) is 149 Å². The van der Waals surface area contributed by atoms with Gasteiger partial charge in [0.05, 0.1) is 31.5 Å². The van der Waals surface area contributed by atoms with Crippen molar-refractivity contribution < 1.29 is 103 Å². The lowest BCUT2D eigenvalue weighted by Crippen LogP contribution is -2.65. The minimum absolute atomic E-state index is 0.300. The van der Waals surface area contributed by atoms with Crippen molar-refractivity contribution in [1.29, 1.82) is 0 Å². The third kappa shape index (κ3) is 21.0. The van der Waals surface area contributed by atoms with E-state index in [2.05, 4.69) is 0 Å². The molecule has 0 aromatic heterocycles. The molecule has 3 rings (SSSR count). The second-order valence-corrected chi connectivity index (χ2v) is 18.3. The molecule has 0 aromatic carbocycles. The molecule has 21 nitrogen and oxygen atoms in total. The van der Waals surface area contributed by atoms with Gasteiger partial charge in [0.2, 0.25) is 0 Å². The van der Waals surface area contributed by atoms with Crippen molar-refractivity contribution in [3.8, 4) is 0 Å². The zero-order valence-electron chi connectivity index (χ0n) is 39.5. The van der Waals surface area contributed by atoms with Crippen molar-refractivity contribution in [1.82, 2.24) is 0 Å². The standard InChI is InChI=1S/C46H82O21/c1-4-5-19-29(20-18-23-31(50)30(49)21-16-14-12-10-8-6-7-9-11-13-15-17-22-32(51)43(58)59)64-45-41(36(54)33(52)24-61-45)67-46-42(37(55)34(53)25-62-46)66-44-39(57)38(56)40(63-28(3)48)35(65-44)26-60-27(2)47/h29-42,44-46,49-57H,4-26H2,1-3H3,(H,58,59)/t29-,30-,31+,32+,33-,34-,35-,36+,37+,38-,39-,40-,41-,42-,44+,45+,46+/m1/s1. The number of aliphatic hydroxyl groups excluding tert-OH is 9. The first-order valence-corrected chi connectivity index (χ1v) is 24.5. The Kier molecular flexibility index (Phi) is 28.2. The SMILES string of the molecule is CCCC[C@H](CCC[C@H](O)[C@H](O)CCCCCCCCCCCCCC[C@H](O)C(=O)O)O[C@@H]1OC[C@@H](O)[C@H](O)[C@H]1O[C@@H]1OC[C@@H](O)[C@H](O)[C@H]1O[C@@H]1O[C@H](COC(C)=O)[C@@H](OC(C)=O)[C@H](O)[C@H]1O. The minimum atomic E-state index is -1.91. The molecule has 0 radical (unpaired) electrons. The Balaban J connectivity index is 1.49. The largest absolute Gasteiger partial charge is 0.479 e. The Hall–Kier alpha value is -2.19. The highest BCUT2D eigenvalue weighted by atomic mass is 16.8. The van der Waals surface area contributed by atoms with Gasteiger partial charge in [0.1, 0.15) is 61.5 Å². The topological polar surface area (TPSA) is 327 Å². The molecular formula is C46H82O21. The number of carboxylic acids is 1. The molecule has 3 aliphatic rings. The molecule has 3 saturated heterocycles. The Labute approximate surface area is 393 Å². The predicted octanol–water partition coefficient (Wildman–Crippen LogP) is 1.23. The summed E-state index contributed by atoms with van der Waals surface area (Å²) in [6.07, 6.45) is -7.76. The zero-order valence-corrected chi connectivity index (χ0v) is 39.5. The maximum atomic E-state index is 11.8. The highest BCUT2D eigenvalue weighted by Crippen LogP contribution is 2.32. The number of carbonyl (C=O) groups is 3. The molecule has 3 heterocycles. The summed E-state index contributed by atoms with van der Waals surface area (Å²) in [6, 6.07) is 0. The number of hydrogen-bond acceptors (Lipinski definition) is 20. The molecule has 17 atom stereocenters. The van der Waals surface area contributed by atoms with E-state index in [0.717, 1.165) is 104 Å². The highest BCUT2D eigenvalue weighted by Gasteiger charge is 2.52. The number of unbranched alkanes of at least 4 members (excludes halogenated alkanes) is 12. The molecule has 21 heteroatoms. The summed E-state index contributed by atoms with van der Waals surface area (Å²) < 4.78 is 45.8. The van der Waals surface area contributed by atoms with Crippen molar-refractivity contribution in [2.75, 3.05) is 19.8 Å². The maximum absolute atomic E-state index is 11.8. The lowest BCUT2D eigenvalue weighted by atomic mass is 9.98. The Morgan fingerprint density at radius 1 is 0.552 bits per heavy atom. The van der Waals surface area contributed by atoms with Gasteiger partial charge in [0.25, 0.3) is 0 Å². The second-order valence-electron chi connectivity index (χ2n) is 18.3. The smallest absolute Gasteiger partial charge is 0.332 e. The van der Waals surface area contributed by atoms with Gasteiger partial charge in [-0.2, -0.15) is 0 Å². The average Bonchev–Trinajstić information content (AvgIpc) is 3.28. The van der Waals surface area contributed by atoms with Gasteiger partial charge in [-0.05, 0) is 38.5 Å². The van der Waals surface area contributed by atoms with Gasteiger partial charge in [-0.1, -0.05) is 96.8 Å². The molecule has 0 amide bonds. The number of ether oxygens (including phenoxy) is 8. The van der Waals surface area contributed by atoms with E-state index in [-0.39, 0.29) is 6.61 Å². The molecule has 392 valence electrons. The van der Waals surface area contributed by atoms with Crippen LogP contribution in [0, 0.1) is 0 Å². The molecule has 10 N–H and O–H groups in total. The summed E-state index contributed by atoms with van der Waals surface area (Å²) in [7, 11) is 0. The normalized spacial score (nSPS) is 32.0. The van der Waals surface area contributed by atoms with Gasteiger partial charge in [0.15, 0.2) is 31.1 Å². The molecule has 0 aliphatic carbocycles. The van der Waals surface area contributed by atoms with Crippen molar-refractivity contribution >= 4 is 17.9 Å². The quantitative estimate of drug-likeness (QED) is 0.0327. The summed E-state index contributed by atoms with van der Waals surface area (Å²) in [4.78, 5) is 34.0. The third-order valence-electron chi connectivity index (χ3n) is 12.5. The van der Waals surface area contributed by atoms with Gasteiger partial charge in [-0.15, -0.1) is 0 Å². The number of aliphatic hydroxyl groups is 9. The van der Waals surface area contributed by atoms with E-state index in [0.29, 0.717) is 38.5 Å². The van der Waals surface area contributed by atoms with Crippen LogP contribution in [0.3, 0.4) is 0 Å². The zero-order chi connectivity index (χ0) is 49.5. The van der Waals surface area contributed by atoms with E-state index >= 15 is 0 Å². The number of esters is 2. The molecule has 0 bridgehead atoms. The summed E-state index contributed by atoms with van der Waals surface area (Å²) in [5.41, 5.74) is 0. The van der Waals surface area contributed by atoms with Crippen LogP contribution in [0.4, 0.5) is 0 Å². The lowest BCUT2D eigenvalue weighted by Gasteiger charge is -2.46. The molecule has 0 saturated carbocycles. The van der Waals surface area contributed by atoms with Crippen LogP contribution in [0.5, 0.6) is 0 Å². The van der Waals surface area contributed by atoms with Crippen LogP contribution in [0.15, 0.2) is 0 Å². The van der Waals surface area contributed by atoms with Crippen molar-refractivity contribution in [2.45, 2.75) is 254 Å². The summed E-state index contributed by atoms with van der Waals surface area (Å²) >= 11 is 0. The highest BCUT2D eigenvalue weighted by molar-refractivity contribution is 5.71. The number of rotatable bonds is 33. The van der Waals surface area contributed by atoms with E-state index in [9.17, 15) is 60.3 Å². The van der Waals surface area contributed by atoms with E-state index in [1.165, 1.54) is 0 Å². The van der Waals surface area contributed by atoms with E-state index in [1.54, 1.807) is 0 Å². The Bertz CT molecular complexity index is 1380. The first kappa shape index (κ1) is 59.1. The first-order chi connectivity index (χ1) is 31.9. The van der Waals surface area contributed by atoms with Crippen LogP contribution in [-0.2, 0) is 52.3 Å². The fraction of sp³-hybridized carbons (Fsp3) is 0.935. The molecular weight excluding hydrogens is 888 g/mol. The summed E-state index contributed by atoms with van der Waals surface area (Å²) in [5, 5.41) is 105. The van der Waals surface area contributed by atoms with Crippen LogP contribution in [0.2, 0.25) is 0 Å². The van der Waals surface area contributed by atoms with Gasteiger partial charge >= 0.3 is 17.9 Å². The monoisotopic (exact) mass is 971 g/mol. The lowest BCUT2D eigenvalue weighted by molar-refractivity contribution is -0.380. The molecule has 0 aromatic rings. The van der Waals surface area contributed by atoms with Crippen LogP contribution < -0.4 is 0 Å². The fourth-order valence-corrected chi connectivity index (χ4v) is 8.48. The third-order valence-corrected chi connectivity index (χ3v) is 12.5. The Morgan fingerprint density at radius 3 is 1.55 bits per heavy atom. The molecule has 67 heavy (non-hydrogen) atoms. The van der Waals surface area contributed by atoms with Crippen LogP contribution in [-0.4, -0.2) is 193 Å². The van der Waals surface area contributed by atoms with Gasteiger partial charge in [-0.3, -0.25) is 9.59 Å². The molecule has 0 unspecified atom stereocenters. The average molecular weight is 971 g/mol.